The Labute approximate surface area is 102 Å². The first kappa shape index (κ1) is 12.9. The van der Waals surface area contributed by atoms with Gasteiger partial charge in [-0.2, -0.15) is 18.2 Å². The summed E-state index contributed by atoms with van der Waals surface area (Å²) < 4.78 is 48.2. The van der Waals surface area contributed by atoms with Crippen LogP contribution < -0.4 is 10.5 Å². The molecule has 2 N–H and O–H groups in total. The molecule has 2 heterocycles. The summed E-state index contributed by atoms with van der Waals surface area (Å²) in [6, 6.07) is 1.66. The summed E-state index contributed by atoms with van der Waals surface area (Å²) in [4.78, 5) is 3.76. The Morgan fingerprint density at radius 3 is 2.56 bits per heavy atom. The van der Waals surface area contributed by atoms with E-state index in [4.69, 9.17) is 15.2 Å². The predicted octanol–water partition coefficient (Wildman–Crippen LogP) is 2.24. The van der Waals surface area contributed by atoms with Crippen LogP contribution in [0.4, 0.5) is 19.0 Å². The smallest absolute Gasteiger partial charge is 0.416 e. The van der Waals surface area contributed by atoms with Crippen molar-refractivity contribution in [3.63, 3.8) is 0 Å². The van der Waals surface area contributed by atoms with Crippen molar-refractivity contribution in [2.45, 2.75) is 25.1 Å². The third-order valence-electron chi connectivity index (χ3n) is 2.60. The number of hydrogen-bond acceptors (Lipinski definition) is 4. The lowest BCUT2D eigenvalue weighted by atomic mass is 10.1. The Morgan fingerprint density at radius 2 is 1.94 bits per heavy atom. The van der Waals surface area contributed by atoms with Crippen LogP contribution in [0, 0.1) is 0 Å². The zero-order valence-corrected chi connectivity index (χ0v) is 9.54. The number of nitrogen functional groups attached to an aromatic ring is 1. The van der Waals surface area contributed by atoms with Crippen molar-refractivity contribution in [2.75, 3.05) is 18.9 Å². The number of rotatable bonds is 2. The number of hydrogen-bond donors (Lipinski definition) is 1. The second-order valence-electron chi connectivity index (χ2n) is 4.05. The lowest BCUT2D eigenvalue weighted by Gasteiger charge is -2.23. The molecule has 0 unspecified atom stereocenters. The van der Waals surface area contributed by atoms with Gasteiger partial charge in [-0.15, -0.1) is 0 Å². The Bertz CT molecular complexity index is 417. The standard InChI is InChI=1S/C11H13F3N2O2/c12-11(13,14)7-5-9(15)16-10(6-7)18-8-1-3-17-4-2-8/h5-6,8H,1-4H2,(H2,15,16). The maximum absolute atomic E-state index is 12.6. The lowest BCUT2D eigenvalue weighted by molar-refractivity contribution is -0.137. The molecule has 0 amide bonds. The van der Waals surface area contributed by atoms with E-state index in [0.29, 0.717) is 26.1 Å². The highest BCUT2D eigenvalue weighted by Crippen LogP contribution is 2.32. The fraction of sp³-hybridized carbons (Fsp3) is 0.545. The highest BCUT2D eigenvalue weighted by molar-refractivity contribution is 5.38. The molecule has 1 fully saturated rings. The van der Waals surface area contributed by atoms with Crippen LogP contribution in [0.2, 0.25) is 0 Å². The minimum Gasteiger partial charge on any atom is -0.474 e. The van der Waals surface area contributed by atoms with E-state index in [1.807, 2.05) is 0 Å². The van der Waals surface area contributed by atoms with Crippen LogP contribution in [0.15, 0.2) is 12.1 Å². The molecule has 1 aromatic heterocycles. The number of halogens is 3. The topological polar surface area (TPSA) is 57.4 Å². The van der Waals surface area contributed by atoms with Crippen molar-refractivity contribution in [1.29, 1.82) is 0 Å². The maximum Gasteiger partial charge on any atom is 0.416 e. The van der Waals surface area contributed by atoms with Crippen LogP contribution in [0.3, 0.4) is 0 Å². The summed E-state index contributed by atoms with van der Waals surface area (Å²) in [6.45, 7) is 1.08. The monoisotopic (exact) mass is 262 g/mol. The zero-order valence-electron chi connectivity index (χ0n) is 9.54. The summed E-state index contributed by atoms with van der Waals surface area (Å²) in [5.41, 5.74) is 4.50. The second kappa shape index (κ2) is 5.01. The van der Waals surface area contributed by atoms with Crippen LogP contribution in [0.5, 0.6) is 5.88 Å². The van der Waals surface area contributed by atoms with Crippen molar-refractivity contribution in [1.82, 2.24) is 4.98 Å². The van der Waals surface area contributed by atoms with E-state index >= 15 is 0 Å². The molecular weight excluding hydrogens is 249 g/mol. The molecule has 2 rings (SSSR count). The molecular formula is C11H13F3N2O2. The van der Waals surface area contributed by atoms with Crippen LogP contribution >= 0.6 is 0 Å². The third-order valence-corrected chi connectivity index (χ3v) is 2.60. The first-order valence-electron chi connectivity index (χ1n) is 5.54. The predicted molar refractivity (Wildman–Crippen MR) is 58.1 cm³/mol. The van der Waals surface area contributed by atoms with Gasteiger partial charge in [-0.3, -0.25) is 0 Å². The van der Waals surface area contributed by atoms with E-state index < -0.39 is 11.7 Å². The minimum atomic E-state index is -4.45. The van der Waals surface area contributed by atoms with Gasteiger partial charge in [-0.1, -0.05) is 0 Å². The summed E-state index contributed by atoms with van der Waals surface area (Å²) in [5.74, 6) is -0.291. The largest absolute Gasteiger partial charge is 0.474 e. The number of aromatic nitrogens is 1. The SMILES string of the molecule is Nc1cc(C(F)(F)F)cc(OC2CCOCC2)n1. The number of ether oxygens (including phenoxy) is 2. The average molecular weight is 262 g/mol. The molecule has 0 aliphatic carbocycles. The summed E-state index contributed by atoms with van der Waals surface area (Å²) in [5, 5.41) is 0. The Hall–Kier alpha value is -1.50. The fourth-order valence-electron chi connectivity index (χ4n) is 1.71. The Morgan fingerprint density at radius 1 is 1.28 bits per heavy atom. The Balaban J connectivity index is 2.14. The van der Waals surface area contributed by atoms with Gasteiger partial charge in [0.05, 0.1) is 18.8 Å². The molecule has 18 heavy (non-hydrogen) atoms. The quantitative estimate of drug-likeness (QED) is 0.888. The van der Waals surface area contributed by atoms with Crippen LogP contribution in [0.1, 0.15) is 18.4 Å². The van der Waals surface area contributed by atoms with Crippen LogP contribution in [-0.2, 0) is 10.9 Å². The summed E-state index contributed by atoms with van der Waals surface area (Å²) in [6.07, 6.45) is -3.35. The van der Waals surface area contributed by atoms with Gasteiger partial charge in [0, 0.05) is 18.9 Å². The molecule has 1 aromatic rings. The molecule has 0 aromatic carbocycles. The van der Waals surface area contributed by atoms with E-state index in [1.54, 1.807) is 0 Å². The summed E-state index contributed by atoms with van der Waals surface area (Å²) >= 11 is 0. The maximum atomic E-state index is 12.6. The van der Waals surface area contributed by atoms with Gasteiger partial charge >= 0.3 is 6.18 Å². The van der Waals surface area contributed by atoms with Gasteiger partial charge in [-0.25, -0.2) is 0 Å². The van der Waals surface area contributed by atoms with E-state index in [-0.39, 0.29) is 17.8 Å². The van der Waals surface area contributed by atoms with Crippen molar-refractivity contribution >= 4 is 5.82 Å². The van der Waals surface area contributed by atoms with Crippen molar-refractivity contribution in [3.8, 4) is 5.88 Å². The molecule has 1 saturated heterocycles. The molecule has 100 valence electrons. The molecule has 7 heteroatoms. The van der Waals surface area contributed by atoms with Crippen molar-refractivity contribution in [3.05, 3.63) is 17.7 Å². The van der Waals surface area contributed by atoms with Gasteiger partial charge in [0.2, 0.25) is 5.88 Å². The average Bonchev–Trinajstić information content (AvgIpc) is 2.28. The minimum absolute atomic E-state index is 0.0887. The highest BCUT2D eigenvalue weighted by Gasteiger charge is 2.32. The molecule has 4 nitrogen and oxygen atoms in total. The molecule has 1 aliphatic heterocycles. The van der Waals surface area contributed by atoms with Gasteiger partial charge in [0.15, 0.2) is 0 Å². The normalized spacial score (nSPS) is 17.7. The van der Waals surface area contributed by atoms with Crippen LogP contribution in [-0.4, -0.2) is 24.3 Å². The number of nitrogens with zero attached hydrogens (tertiary/aromatic N) is 1. The highest BCUT2D eigenvalue weighted by atomic mass is 19.4. The van der Waals surface area contributed by atoms with E-state index in [0.717, 1.165) is 12.1 Å². The number of anilines is 1. The van der Waals surface area contributed by atoms with Gasteiger partial charge in [0.1, 0.15) is 11.9 Å². The molecule has 0 atom stereocenters. The number of nitrogens with two attached hydrogens (primary N) is 1. The van der Waals surface area contributed by atoms with Gasteiger partial charge < -0.3 is 15.2 Å². The van der Waals surface area contributed by atoms with Gasteiger partial charge in [0.25, 0.3) is 0 Å². The lowest BCUT2D eigenvalue weighted by Crippen LogP contribution is -2.26. The molecule has 1 aliphatic rings. The molecule has 0 radical (unpaired) electrons. The second-order valence-corrected chi connectivity index (χ2v) is 4.05. The molecule has 0 bridgehead atoms. The van der Waals surface area contributed by atoms with Crippen molar-refractivity contribution < 1.29 is 22.6 Å². The van der Waals surface area contributed by atoms with E-state index in [9.17, 15) is 13.2 Å². The fourth-order valence-corrected chi connectivity index (χ4v) is 1.71. The van der Waals surface area contributed by atoms with Gasteiger partial charge in [-0.05, 0) is 6.07 Å². The summed E-state index contributed by atoms with van der Waals surface area (Å²) in [7, 11) is 0. The van der Waals surface area contributed by atoms with E-state index in [1.165, 1.54) is 0 Å². The van der Waals surface area contributed by atoms with E-state index in [2.05, 4.69) is 4.98 Å². The third kappa shape index (κ3) is 3.25. The number of alkyl halides is 3. The molecule has 0 saturated carbocycles. The van der Waals surface area contributed by atoms with Crippen molar-refractivity contribution in [2.24, 2.45) is 0 Å². The van der Waals surface area contributed by atoms with Crippen LogP contribution in [0.25, 0.3) is 0 Å². The first-order chi connectivity index (χ1) is 8.45. The molecule has 0 spiro atoms. The number of pyridine rings is 1. The Kier molecular flexibility index (Phi) is 3.60. The zero-order chi connectivity index (χ0) is 13.2. The first-order valence-corrected chi connectivity index (χ1v) is 5.54.